The van der Waals surface area contributed by atoms with Crippen LogP contribution in [0, 0.1) is 11.8 Å². The summed E-state index contributed by atoms with van der Waals surface area (Å²) in [6.07, 6.45) is 8.51. The highest BCUT2D eigenvalue weighted by Crippen LogP contribution is 2.25. The SMILES string of the molecule is CCCCCC(C)C1CCNCC1. The van der Waals surface area contributed by atoms with Crippen LogP contribution in [0.25, 0.3) is 0 Å². The smallest absolute Gasteiger partial charge is 0.00462 e. The molecule has 0 radical (unpaired) electrons. The van der Waals surface area contributed by atoms with E-state index in [1.165, 1.54) is 51.6 Å². The van der Waals surface area contributed by atoms with Crippen LogP contribution in [0.2, 0.25) is 0 Å². The predicted molar refractivity (Wildman–Crippen MR) is 58.9 cm³/mol. The lowest BCUT2D eigenvalue weighted by molar-refractivity contribution is 0.258. The van der Waals surface area contributed by atoms with E-state index in [1.54, 1.807) is 0 Å². The van der Waals surface area contributed by atoms with E-state index < -0.39 is 0 Å². The summed E-state index contributed by atoms with van der Waals surface area (Å²) in [5, 5.41) is 3.44. The molecule has 1 saturated heterocycles. The Labute approximate surface area is 83.3 Å². The molecule has 0 aromatic carbocycles. The molecular formula is C12H25N. The van der Waals surface area contributed by atoms with Crippen LogP contribution in [0.5, 0.6) is 0 Å². The van der Waals surface area contributed by atoms with Gasteiger partial charge in [0, 0.05) is 0 Å². The molecule has 0 bridgehead atoms. The first kappa shape index (κ1) is 11.0. The third kappa shape index (κ3) is 4.12. The molecule has 0 aliphatic carbocycles. The fourth-order valence-corrected chi connectivity index (χ4v) is 2.37. The van der Waals surface area contributed by atoms with Crippen LogP contribution >= 0.6 is 0 Å². The first-order chi connectivity index (χ1) is 6.34. The van der Waals surface area contributed by atoms with Gasteiger partial charge in [0.25, 0.3) is 0 Å². The van der Waals surface area contributed by atoms with Gasteiger partial charge in [0.15, 0.2) is 0 Å². The Bertz CT molecular complexity index is 116. The molecule has 13 heavy (non-hydrogen) atoms. The van der Waals surface area contributed by atoms with Crippen LogP contribution in [-0.4, -0.2) is 13.1 Å². The zero-order chi connectivity index (χ0) is 9.52. The summed E-state index contributed by atoms with van der Waals surface area (Å²) < 4.78 is 0. The van der Waals surface area contributed by atoms with Gasteiger partial charge in [-0.25, -0.2) is 0 Å². The van der Waals surface area contributed by atoms with Crippen LogP contribution in [0.15, 0.2) is 0 Å². The van der Waals surface area contributed by atoms with Gasteiger partial charge in [0.1, 0.15) is 0 Å². The van der Waals surface area contributed by atoms with E-state index in [9.17, 15) is 0 Å². The predicted octanol–water partition coefficient (Wildman–Crippen LogP) is 3.20. The van der Waals surface area contributed by atoms with Crippen molar-refractivity contribution in [3.63, 3.8) is 0 Å². The Kier molecular flexibility index (Phi) is 5.45. The van der Waals surface area contributed by atoms with Gasteiger partial charge >= 0.3 is 0 Å². The first-order valence-corrected chi connectivity index (χ1v) is 6.05. The zero-order valence-corrected chi connectivity index (χ0v) is 9.31. The van der Waals surface area contributed by atoms with Crippen molar-refractivity contribution in [3.05, 3.63) is 0 Å². The lowest BCUT2D eigenvalue weighted by Gasteiger charge is -2.28. The maximum Gasteiger partial charge on any atom is -0.00462 e. The van der Waals surface area contributed by atoms with E-state index in [1.807, 2.05) is 0 Å². The maximum absolute atomic E-state index is 3.44. The van der Waals surface area contributed by atoms with E-state index >= 15 is 0 Å². The van der Waals surface area contributed by atoms with Crippen LogP contribution in [0.3, 0.4) is 0 Å². The van der Waals surface area contributed by atoms with Gasteiger partial charge in [-0.15, -0.1) is 0 Å². The number of unbranched alkanes of at least 4 members (excludes halogenated alkanes) is 2. The molecule has 1 aliphatic heterocycles. The average Bonchev–Trinajstić information content (AvgIpc) is 2.19. The molecule has 1 atom stereocenters. The van der Waals surface area contributed by atoms with Crippen LogP contribution in [0.1, 0.15) is 52.4 Å². The molecule has 1 N–H and O–H groups in total. The Hall–Kier alpha value is -0.0400. The molecule has 0 aromatic heterocycles. The second-order valence-corrected chi connectivity index (χ2v) is 4.56. The highest BCUT2D eigenvalue weighted by atomic mass is 14.9. The highest BCUT2D eigenvalue weighted by molar-refractivity contribution is 4.73. The van der Waals surface area contributed by atoms with Gasteiger partial charge in [-0.2, -0.15) is 0 Å². The van der Waals surface area contributed by atoms with Gasteiger partial charge in [-0.1, -0.05) is 39.5 Å². The Balaban J connectivity index is 2.09. The monoisotopic (exact) mass is 183 g/mol. The number of rotatable bonds is 5. The van der Waals surface area contributed by atoms with Crippen molar-refractivity contribution in [2.45, 2.75) is 52.4 Å². The van der Waals surface area contributed by atoms with Gasteiger partial charge < -0.3 is 5.32 Å². The van der Waals surface area contributed by atoms with Gasteiger partial charge in [0.2, 0.25) is 0 Å². The molecule has 1 unspecified atom stereocenters. The fourth-order valence-electron chi connectivity index (χ4n) is 2.37. The highest BCUT2D eigenvalue weighted by Gasteiger charge is 2.18. The van der Waals surface area contributed by atoms with Gasteiger partial charge in [-0.05, 0) is 37.8 Å². The molecule has 1 heteroatoms. The summed E-state index contributed by atoms with van der Waals surface area (Å²) in [5.41, 5.74) is 0. The molecular weight excluding hydrogens is 158 g/mol. The molecule has 0 saturated carbocycles. The van der Waals surface area contributed by atoms with Crippen molar-refractivity contribution >= 4 is 0 Å². The van der Waals surface area contributed by atoms with Crippen molar-refractivity contribution in [2.75, 3.05) is 13.1 Å². The molecule has 1 nitrogen and oxygen atoms in total. The van der Waals surface area contributed by atoms with Crippen molar-refractivity contribution < 1.29 is 0 Å². The Morgan fingerprint density at radius 1 is 1.23 bits per heavy atom. The zero-order valence-electron chi connectivity index (χ0n) is 9.31. The number of hydrogen-bond donors (Lipinski definition) is 1. The summed E-state index contributed by atoms with van der Waals surface area (Å²) in [6.45, 7) is 7.24. The minimum Gasteiger partial charge on any atom is -0.317 e. The van der Waals surface area contributed by atoms with Crippen molar-refractivity contribution in [2.24, 2.45) is 11.8 Å². The summed E-state index contributed by atoms with van der Waals surface area (Å²) in [4.78, 5) is 0. The maximum atomic E-state index is 3.44. The molecule has 1 rings (SSSR count). The number of nitrogens with one attached hydrogen (secondary N) is 1. The standard InChI is InChI=1S/C12H25N/c1-3-4-5-6-11(2)12-7-9-13-10-8-12/h11-13H,3-10H2,1-2H3. The molecule has 1 fully saturated rings. The quantitative estimate of drug-likeness (QED) is 0.645. The Morgan fingerprint density at radius 2 is 1.92 bits per heavy atom. The summed E-state index contributed by atoms with van der Waals surface area (Å²) in [7, 11) is 0. The first-order valence-electron chi connectivity index (χ1n) is 6.05. The molecule has 78 valence electrons. The van der Waals surface area contributed by atoms with E-state index in [4.69, 9.17) is 0 Å². The summed E-state index contributed by atoms with van der Waals surface area (Å²) in [5.74, 6) is 1.98. The minimum absolute atomic E-state index is 0.966. The molecule has 0 spiro atoms. The Morgan fingerprint density at radius 3 is 2.54 bits per heavy atom. The minimum atomic E-state index is 0.966. The second-order valence-electron chi connectivity index (χ2n) is 4.56. The molecule has 1 heterocycles. The van der Waals surface area contributed by atoms with Gasteiger partial charge in [-0.3, -0.25) is 0 Å². The lowest BCUT2D eigenvalue weighted by atomic mass is 9.83. The number of piperidine rings is 1. The van der Waals surface area contributed by atoms with Crippen LogP contribution < -0.4 is 5.32 Å². The largest absolute Gasteiger partial charge is 0.317 e. The second kappa shape index (κ2) is 6.42. The van der Waals surface area contributed by atoms with Crippen molar-refractivity contribution in [3.8, 4) is 0 Å². The topological polar surface area (TPSA) is 12.0 Å². The normalized spacial score (nSPS) is 21.7. The van der Waals surface area contributed by atoms with Crippen LogP contribution in [-0.2, 0) is 0 Å². The molecule has 1 aliphatic rings. The molecule has 0 amide bonds. The average molecular weight is 183 g/mol. The summed E-state index contributed by atoms with van der Waals surface area (Å²) in [6, 6.07) is 0. The third-order valence-corrected chi connectivity index (χ3v) is 3.45. The van der Waals surface area contributed by atoms with Crippen LogP contribution in [0.4, 0.5) is 0 Å². The van der Waals surface area contributed by atoms with Crippen molar-refractivity contribution in [1.29, 1.82) is 0 Å². The fraction of sp³-hybridized carbons (Fsp3) is 1.00. The molecule has 0 aromatic rings. The number of hydrogen-bond acceptors (Lipinski definition) is 1. The van der Waals surface area contributed by atoms with Crippen molar-refractivity contribution in [1.82, 2.24) is 5.32 Å². The van der Waals surface area contributed by atoms with E-state index in [0.717, 1.165) is 11.8 Å². The summed E-state index contributed by atoms with van der Waals surface area (Å²) >= 11 is 0. The van der Waals surface area contributed by atoms with Gasteiger partial charge in [0.05, 0.1) is 0 Å². The lowest BCUT2D eigenvalue weighted by Crippen LogP contribution is -2.30. The van der Waals surface area contributed by atoms with E-state index in [-0.39, 0.29) is 0 Å². The van der Waals surface area contributed by atoms with E-state index in [2.05, 4.69) is 19.2 Å². The third-order valence-electron chi connectivity index (χ3n) is 3.45. The van der Waals surface area contributed by atoms with E-state index in [0.29, 0.717) is 0 Å².